The molecule has 1 aromatic heterocycles. The highest BCUT2D eigenvalue weighted by molar-refractivity contribution is 7.99. The van der Waals surface area contributed by atoms with Crippen molar-refractivity contribution < 1.29 is 14.1 Å². The predicted octanol–water partition coefficient (Wildman–Crippen LogP) is 3.91. The van der Waals surface area contributed by atoms with E-state index in [4.69, 9.17) is 11.6 Å². The summed E-state index contributed by atoms with van der Waals surface area (Å²) in [6, 6.07) is 9.86. The molecule has 1 N–H and O–H groups in total. The van der Waals surface area contributed by atoms with E-state index in [1.807, 2.05) is 0 Å². The number of benzene rings is 2. The summed E-state index contributed by atoms with van der Waals surface area (Å²) in [5, 5.41) is 22.1. The number of amides is 1. The second-order valence-electron chi connectivity index (χ2n) is 5.63. The quantitative estimate of drug-likeness (QED) is 0.367. The zero-order valence-electron chi connectivity index (χ0n) is 14.4. The highest BCUT2D eigenvalue weighted by Crippen LogP contribution is 2.28. The molecule has 0 fully saturated rings. The number of aromatic nitrogens is 3. The second-order valence-corrected chi connectivity index (χ2v) is 6.98. The normalized spacial score (nSPS) is 10.7. The lowest BCUT2D eigenvalue weighted by Crippen LogP contribution is -2.14. The summed E-state index contributed by atoms with van der Waals surface area (Å²) in [6.07, 6.45) is 0. The molecular weight excluding hydrogens is 409 g/mol. The van der Waals surface area contributed by atoms with Gasteiger partial charge in [-0.25, -0.2) is 4.39 Å². The standard InChI is InChI=1S/C17H13ClFN5O3S/c1-23-16(10-2-4-11(19)5-3-10)21-22-17(23)28-9-15(25)20-12-6-7-13(18)14(8-12)24(26)27/h2-8H,9H2,1H3,(H,20,25). The number of halogens is 2. The molecule has 0 aliphatic rings. The molecule has 0 radical (unpaired) electrons. The van der Waals surface area contributed by atoms with E-state index in [-0.39, 0.29) is 33.9 Å². The molecule has 2 aromatic carbocycles. The molecule has 0 saturated carbocycles. The molecule has 1 heterocycles. The Labute approximate surface area is 167 Å². The Balaban J connectivity index is 1.65. The highest BCUT2D eigenvalue weighted by atomic mass is 35.5. The summed E-state index contributed by atoms with van der Waals surface area (Å²) in [5.74, 6) is -0.157. The molecule has 28 heavy (non-hydrogen) atoms. The first-order valence-electron chi connectivity index (χ1n) is 7.87. The number of nitro groups is 1. The molecule has 0 aliphatic carbocycles. The van der Waals surface area contributed by atoms with Crippen molar-refractivity contribution in [1.82, 2.24) is 14.8 Å². The Morgan fingerprint density at radius 1 is 1.29 bits per heavy atom. The lowest BCUT2D eigenvalue weighted by Gasteiger charge is -2.06. The van der Waals surface area contributed by atoms with Gasteiger partial charge in [0.2, 0.25) is 5.91 Å². The van der Waals surface area contributed by atoms with E-state index >= 15 is 0 Å². The first-order valence-corrected chi connectivity index (χ1v) is 9.23. The van der Waals surface area contributed by atoms with Crippen molar-refractivity contribution in [1.29, 1.82) is 0 Å². The van der Waals surface area contributed by atoms with Gasteiger partial charge in [0.25, 0.3) is 5.69 Å². The van der Waals surface area contributed by atoms with Crippen LogP contribution in [0.5, 0.6) is 0 Å². The predicted molar refractivity (Wildman–Crippen MR) is 104 cm³/mol. The van der Waals surface area contributed by atoms with E-state index in [9.17, 15) is 19.3 Å². The number of rotatable bonds is 6. The van der Waals surface area contributed by atoms with Crippen molar-refractivity contribution in [2.75, 3.05) is 11.1 Å². The molecule has 11 heteroatoms. The SMILES string of the molecule is Cn1c(SCC(=O)Nc2ccc(Cl)c([N+](=O)[O-])c2)nnc1-c1ccc(F)cc1. The lowest BCUT2D eigenvalue weighted by molar-refractivity contribution is -0.384. The molecule has 3 aromatic rings. The van der Waals surface area contributed by atoms with Gasteiger partial charge in [0, 0.05) is 24.4 Å². The number of thioether (sulfide) groups is 1. The van der Waals surface area contributed by atoms with Crippen LogP contribution in [-0.4, -0.2) is 31.3 Å². The van der Waals surface area contributed by atoms with Gasteiger partial charge in [0.05, 0.1) is 10.7 Å². The molecule has 0 aliphatic heterocycles. The van der Waals surface area contributed by atoms with Gasteiger partial charge < -0.3 is 9.88 Å². The van der Waals surface area contributed by atoms with E-state index in [0.29, 0.717) is 16.5 Å². The maximum Gasteiger partial charge on any atom is 0.289 e. The average molecular weight is 422 g/mol. The minimum Gasteiger partial charge on any atom is -0.325 e. The van der Waals surface area contributed by atoms with Crippen molar-refractivity contribution in [3.63, 3.8) is 0 Å². The molecule has 1 amide bonds. The Bertz CT molecular complexity index is 1040. The van der Waals surface area contributed by atoms with Crippen molar-refractivity contribution >= 4 is 40.6 Å². The van der Waals surface area contributed by atoms with Crippen LogP contribution in [0.25, 0.3) is 11.4 Å². The fourth-order valence-corrected chi connectivity index (χ4v) is 3.25. The van der Waals surface area contributed by atoms with Crippen LogP contribution in [0.2, 0.25) is 5.02 Å². The molecule has 0 saturated heterocycles. The third-order valence-electron chi connectivity index (χ3n) is 3.70. The number of hydrogen-bond acceptors (Lipinski definition) is 6. The van der Waals surface area contributed by atoms with Crippen molar-refractivity contribution in [2.24, 2.45) is 7.05 Å². The summed E-state index contributed by atoms with van der Waals surface area (Å²) in [6.45, 7) is 0. The maximum absolute atomic E-state index is 13.1. The number of anilines is 1. The molecule has 0 bridgehead atoms. The van der Waals surface area contributed by atoms with Crippen molar-refractivity contribution in [3.8, 4) is 11.4 Å². The van der Waals surface area contributed by atoms with E-state index < -0.39 is 4.92 Å². The van der Waals surface area contributed by atoms with Gasteiger partial charge in [-0.1, -0.05) is 23.4 Å². The largest absolute Gasteiger partial charge is 0.325 e. The van der Waals surface area contributed by atoms with Gasteiger partial charge in [0.1, 0.15) is 10.8 Å². The number of carbonyl (C=O) groups is 1. The summed E-state index contributed by atoms with van der Waals surface area (Å²) in [4.78, 5) is 22.4. The number of carbonyl (C=O) groups excluding carboxylic acids is 1. The molecule has 0 atom stereocenters. The van der Waals surface area contributed by atoms with E-state index in [2.05, 4.69) is 15.5 Å². The van der Waals surface area contributed by atoms with Crippen LogP contribution >= 0.6 is 23.4 Å². The van der Waals surface area contributed by atoms with Gasteiger partial charge in [-0.05, 0) is 36.4 Å². The Hall–Kier alpha value is -2.98. The average Bonchev–Trinajstić information content (AvgIpc) is 3.02. The highest BCUT2D eigenvalue weighted by Gasteiger charge is 2.16. The number of nitrogens with one attached hydrogen (secondary N) is 1. The molecule has 0 unspecified atom stereocenters. The Kier molecular flexibility index (Phi) is 5.90. The molecule has 0 spiro atoms. The van der Waals surface area contributed by atoms with E-state index in [0.717, 1.165) is 11.8 Å². The number of hydrogen-bond donors (Lipinski definition) is 1. The molecular formula is C17H13ClFN5O3S. The van der Waals surface area contributed by atoms with Gasteiger partial charge in [-0.3, -0.25) is 14.9 Å². The van der Waals surface area contributed by atoms with E-state index in [1.54, 1.807) is 23.7 Å². The lowest BCUT2D eigenvalue weighted by atomic mass is 10.2. The second kappa shape index (κ2) is 8.36. The third-order valence-corrected chi connectivity index (χ3v) is 5.04. The summed E-state index contributed by atoms with van der Waals surface area (Å²) < 4.78 is 14.7. The minimum atomic E-state index is -0.622. The summed E-state index contributed by atoms with van der Waals surface area (Å²) in [7, 11) is 1.74. The first kappa shape index (κ1) is 19.8. The van der Waals surface area contributed by atoms with Crippen molar-refractivity contribution in [2.45, 2.75) is 5.16 Å². The van der Waals surface area contributed by atoms with Gasteiger partial charge in [-0.2, -0.15) is 0 Å². The smallest absolute Gasteiger partial charge is 0.289 e. The topological polar surface area (TPSA) is 103 Å². The van der Waals surface area contributed by atoms with Crippen LogP contribution in [0, 0.1) is 15.9 Å². The van der Waals surface area contributed by atoms with Crippen LogP contribution < -0.4 is 5.32 Å². The molecule has 144 valence electrons. The van der Waals surface area contributed by atoms with Crippen LogP contribution in [-0.2, 0) is 11.8 Å². The third kappa shape index (κ3) is 4.46. The monoisotopic (exact) mass is 421 g/mol. The summed E-state index contributed by atoms with van der Waals surface area (Å²) in [5.41, 5.74) is 0.678. The Morgan fingerprint density at radius 3 is 2.68 bits per heavy atom. The van der Waals surface area contributed by atoms with Crippen LogP contribution in [0.3, 0.4) is 0 Å². The number of nitro benzene ring substituents is 1. The van der Waals surface area contributed by atoms with Crippen molar-refractivity contribution in [3.05, 3.63) is 63.4 Å². The fraction of sp³-hybridized carbons (Fsp3) is 0.118. The minimum absolute atomic E-state index is 0.00946. The van der Waals surface area contributed by atoms with Crippen LogP contribution in [0.1, 0.15) is 0 Å². The van der Waals surface area contributed by atoms with Crippen LogP contribution in [0.15, 0.2) is 47.6 Å². The van der Waals surface area contributed by atoms with Crippen LogP contribution in [0.4, 0.5) is 15.8 Å². The first-order chi connectivity index (χ1) is 13.3. The van der Waals surface area contributed by atoms with Gasteiger partial charge in [0.15, 0.2) is 11.0 Å². The Morgan fingerprint density at radius 2 is 2.00 bits per heavy atom. The van der Waals surface area contributed by atoms with E-state index in [1.165, 1.54) is 30.3 Å². The maximum atomic E-state index is 13.1. The summed E-state index contributed by atoms with van der Waals surface area (Å²) >= 11 is 6.90. The molecule has 3 rings (SSSR count). The zero-order valence-corrected chi connectivity index (χ0v) is 16.0. The molecule has 8 nitrogen and oxygen atoms in total. The fourth-order valence-electron chi connectivity index (χ4n) is 2.35. The van der Waals surface area contributed by atoms with Gasteiger partial charge >= 0.3 is 0 Å². The zero-order chi connectivity index (χ0) is 20.3. The van der Waals surface area contributed by atoms with Gasteiger partial charge in [-0.15, -0.1) is 10.2 Å². The number of nitrogens with zero attached hydrogens (tertiary/aromatic N) is 4.